The zero-order chi connectivity index (χ0) is 14.0. The van der Waals surface area contributed by atoms with Gasteiger partial charge in [0, 0.05) is 6.92 Å². The second-order valence-electron chi connectivity index (χ2n) is 4.90. The average molecular weight is 252 g/mol. The third-order valence-corrected chi connectivity index (χ3v) is 3.17. The SMILES string of the molecule is C/C=C(\C)CC/C=C(\C)CCC(CC)OC(C)=O. The van der Waals surface area contributed by atoms with Gasteiger partial charge in [0.05, 0.1) is 0 Å². The Kier molecular flexibility index (Phi) is 9.35. The van der Waals surface area contributed by atoms with Crippen molar-refractivity contribution < 1.29 is 9.53 Å². The first-order valence-corrected chi connectivity index (χ1v) is 6.94. The summed E-state index contributed by atoms with van der Waals surface area (Å²) >= 11 is 0. The molecule has 0 aromatic heterocycles. The highest BCUT2D eigenvalue weighted by Crippen LogP contribution is 2.14. The third-order valence-electron chi connectivity index (χ3n) is 3.17. The van der Waals surface area contributed by atoms with Gasteiger partial charge in [-0.1, -0.05) is 30.2 Å². The van der Waals surface area contributed by atoms with Crippen molar-refractivity contribution >= 4 is 5.97 Å². The molecule has 0 aromatic carbocycles. The molecule has 2 nitrogen and oxygen atoms in total. The first-order chi connectivity index (χ1) is 8.49. The van der Waals surface area contributed by atoms with E-state index in [0.717, 1.165) is 32.1 Å². The molecule has 0 saturated carbocycles. The summed E-state index contributed by atoms with van der Waals surface area (Å²) in [7, 11) is 0. The maximum atomic E-state index is 10.9. The summed E-state index contributed by atoms with van der Waals surface area (Å²) in [6.07, 6.45) is 9.61. The van der Waals surface area contributed by atoms with Crippen LogP contribution in [0, 0.1) is 0 Å². The van der Waals surface area contributed by atoms with Crippen LogP contribution >= 0.6 is 0 Å². The molecule has 0 fully saturated rings. The molecule has 0 heterocycles. The van der Waals surface area contributed by atoms with Crippen LogP contribution in [0.3, 0.4) is 0 Å². The Balaban J connectivity index is 3.95. The molecular weight excluding hydrogens is 224 g/mol. The van der Waals surface area contributed by atoms with Gasteiger partial charge in [0.15, 0.2) is 0 Å². The fourth-order valence-electron chi connectivity index (χ4n) is 1.76. The Morgan fingerprint density at radius 3 is 2.33 bits per heavy atom. The van der Waals surface area contributed by atoms with Crippen molar-refractivity contribution in [2.75, 3.05) is 0 Å². The molecule has 0 aliphatic carbocycles. The summed E-state index contributed by atoms with van der Waals surface area (Å²) in [4.78, 5) is 10.9. The summed E-state index contributed by atoms with van der Waals surface area (Å²) in [5, 5.41) is 0. The number of hydrogen-bond acceptors (Lipinski definition) is 2. The van der Waals surface area contributed by atoms with Crippen molar-refractivity contribution in [2.24, 2.45) is 0 Å². The van der Waals surface area contributed by atoms with Gasteiger partial charge in [0.1, 0.15) is 6.10 Å². The van der Waals surface area contributed by atoms with E-state index in [1.165, 1.54) is 18.1 Å². The van der Waals surface area contributed by atoms with Crippen molar-refractivity contribution in [3.05, 3.63) is 23.3 Å². The summed E-state index contributed by atoms with van der Waals surface area (Å²) < 4.78 is 5.23. The number of carbonyl (C=O) groups is 1. The molecule has 0 bridgehead atoms. The Hall–Kier alpha value is -1.05. The minimum absolute atomic E-state index is 0.0723. The van der Waals surface area contributed by atoms with Crippen LogP contribution in [0.5, 0.6) is 0 Å². The normalized spacial score (nSPS) is 14.5. The predicted molar refractivity (Wildman–Crippen MR) is 77.5 cm³/mol. The third kappa shape index (κ3) is 9.03. The van der Waals surface area contributed by atoms with Crippen molar-refractivity contribution in [3.8, 4) is 0 Å². The summed E-state index contributed by atoms with van der Waals surface area (Å²) in [6, 6.07) is 0. The Bertz CT molecular complexity index is 300. The van der Waals surface area contributed by atoms with Gasteiger partial charge in [-0.2, -0.15) is 0 Å². The second kappa shape index (κ2) is 9.93. The summed E-state index contributed by atoms with van der Waals surface area (Å²) in [5.41, 5.74) is 2.83. The lowest BCUT2D eigenvalue weighted by atomic mass is 10.0. The Morgan fingerprint density at radius 2 is 1.83 bits per heavy atom. The number of allylic oxidation sites excluding steroid dienone is 4. The highest BCUT2D eigenvalue weighted by atomic mass is 16.5. The van der Waals surface area contributed by atoms with Crippen LogP contribution in [-0.4, -0.2) is 12.1 Å². The number of ether oxygens (including phenoxy) is 1. The molecule has 0 rings (SSSR count). The first-order valence-electron chi connectivity index (χ1n) is 6.94. The molecule has 1 atom stereocenters. The van der Waals surface area contributed by atoms with Crippen LogP contribution in [0.4, 0.5) is 0 Å². The van der Waals surface area contributed by atoms with E-state index in [4.69, 9.17) is 4.74 Å². The standard InChI is InChI=1S/C16H28O2/c1-6-13(3)9-8-10-14(4)11-12-16(7-2)18-15(5)17/h6,10,16H,7-9,11-12H2,1-5H3/b13-6+,14-10+. The summed E-state index contributed by atoms with van der Waals surface area (Å²) in [5.74, 6) is -0.174. The number of rotatable bonds is 8. The van der Waals surface area contributed by atoms with Gasteiger partial charge in [0.25, 0.3) is 0 Å². The largest absolute Gasteiger partial charge is 0.463 e. The second-order valence-corrected chi connectivity index (χ2v) is 4.90. The van der Waals surface area contributed by atoms with Gasteiger partial charge in [-0.3, -0.25) is 4.79 Å². The molecule has 0 amide bonds. The molecule has 1 unspecified atom stereocenters. The fraction of sp³-hybridized carbons (Fsp3) is 0.688. The molecule has 0 aliphatic rings. The highest BCUT2D eigenvalue weighted by Gasteiger charge is 2.09. The Morgan fingerprint density at radius 1 is 1.17 bits per heavy atom. The number of esters is 1. The minimum Gasteiger partial charge on any atom is -0.463 e. The lowest BCUT2D eigenvalue weighted by molar-refractivity contribution is -0.146. The lowest BCUT2D eigenvalue weighted by Gasteiger charge is -2.14. The molecule has 2 heteroatoms. The molecule has 0 spiro atoms. The molecule has 104 valence electrons. The van der Waals surface area contributed by atoms with E-state index in [-0.39, 0.29) is 12.1 Å². The van der Waals surface area contributed by atoms with Gasteiger partial charge < -0.3 is 4.74 Å². The predicted octanol–water partition coefficient (Wildman–Crippen LogP) is 4.80. The molecule has 0 radical (unpaired) electrons. The number of hydrogen-bond donors (Lipinski definition) is 0. The minimum atomic E-state index is -0.174. The van der Waals surface area contributed by atoms with Gasteiger partial charge in [-0.05, 0) is 52.9 Å². The van der Waals surface area contributed by atoms with E-state index < -0.39 is 0 Å². The fourth-order valence-corrected chi connectivity index (χ4v) is 1.76. The number of carbonyl (C=O) groups excluding carboxylic acids is 1. The van der Waals surface area contributed by atoms with E-state index >= 15 is 0 Å². The van der Waals surface area contributed by atoms with Crippen LogP contribution in [0.2, 0.25) is 0 Å². The van der Waals surface area contributed by atoms with Crippen LogP contribution in [0.15, 0.2) is 23.3 Å². The zero-order valence-corrected chi connectivity index (χ0v) is 12.6. The molecular formula is C16H28O2. The van der Waals surface area contributed by atoms with Gasteiger partial charge in [-0.15, -0.1) is 0 Å². The van der Waals surface area contributed by atoms with E-state index in [1.807, 2.05) is 0 Å². The monoisotopic (exact) mass is 252 g/mol. The van der Waals surface area contributed by atoms with Crippen molar-refractivity contribution in [2.45, 2.75) is 72.8 Å². The molecule has 0 aromatic rings. The van der Waals surface area contributed by atoms with Gasteiger partial charge in [0.2, 0.25) is 0 Å². The van der Waals surface area contributed by atoms with E-state index in [2.05, 4.69) is 39.8 Å². The van der Waals surface area contributed by atoms with E-state index in [1.54, 1.807) is 0 Å². The van der Waals surface area contributed by atoms with Crippen molar-refractivity contribution in [3.63, 3.8) is 0 Å². The van der Waals surface area contributed by atoms with Crippen LogP contribution in [-0.2, 0) is 9.53 Å². The smallest absolute Gasteiger partial charge is 0.302 e. The average Bonchev–Trinajstić information content (AvgIpc) is 2.33. The molecule has 18 heavy (non-hydrogen) atoms. The van der Waals surface area contributed by atoms with E-state index in [9.17, 15) is 4.79 Å². The first kappa shape index (κ1) is 16.9. The maximum Gasteiger partial charge on any atom is 0.302 e. The van der Waals surface area contributed by atoms with Crippen LogP contribution < -0.4 is 0 Å². The van der Waals surface area contributed by atoms with Crippen LogP contribution in [0.1, 0.15) is 66.7 Å². The maximum absolute atomic E-state index is 10.9. The zero-order valence-electron chi connectivity index (χ0n) is 12.6. The summed E-state index contributed by atoms with van der Waals surface area (Å²) in [6.45, 7) is 9.94. The van der Waals surface area contributed by atoms with Gasteiger partial charge >= 0.3 is 5.97 Å². The van der Waals surface area contributed by atoms with Crippen LogP contribution in [0.25, 0.3) is 0 Å². The van der Waals surface area contributed by atoms with E-state index in [0.29, 0.717) is 0 Å². The molecule has 0 saturated heterocycles. The highest BCUT2D eigenvalue weighted by molar-refractivity contribution is 5.66. The Labute approximate surface area is 112 Å². The molecule has 0 aliphatic heterocycles. The quantitative estimate of drug-likeness (QED) is 0.458. The van der Waals surface area contributed by atoms with Crippen molar-refractivity contribution in [1.82, 2.24) is 0 Å². The van der Waals surface area contributed by atoms with Crippen molar-refractivity contribution in [1.29, 1.82) is 0 Å². The van der Waals surface area contributed by atoms with Gasteiger partial charge in [-0.25, -0.2) is 0 Å². The topological polar surface area (TPSA) is 26.3 Å². The molecule has 0 N–H and O–H groups in total. The lowest BCUT2D eigenvalue weighted by Crippen LogP contribution is -2.15.